The van der Waals surface area contributed by atoms with E-state index in [0.717, 1.165) is 16.7 Å². The van der Waals surface area contributed by atoms with Crippen LogP contribution in [0.3, 0.4) is 0 Å². The molecule has 3 nitrogen and oxygen atoms in total. The Morgan fingerprint density at radius 1 is 1.18 bits per heavy atom. The number of carbonyl (C=O) groups is 1. The molecule has 1 N–H and O–H groups in total. The minimum atomic E-state index is -0.947. The molecule has 0 bridgehead atoms. The van der Waals surface area contributed by atoms with Gasteiger partial charge in [-0.2, -0.15) is 0 Å². The quantitative estimate of drug-likeness (QED) is 0.857. The number of carboxylic acids is 1. The van der Waals surface area contributed by atoms with Gasteiger partial charge >= 0.3 is 5.97 Å². The first-order valence-corrected chi connectivity index (χ1v) is 5.19. The topological polar surface area (TPSA) is 60.4 Å². The summed E-state index contributed by atoms with van der Waals surface area (Å²) in [6.45, 7) is 1.83. The Morgan fingerprint density at radius 3 is 2.53 bits per heavy atom. The SMILES string of the molecule is Cc1cc(C(=O)O)ccc1-c1cccc([O-])c1. The lowest BCUT2D eigenvalue weighted by atomic mass is 9.98. The van der Waals surface area contributed by atoms with Gasteiger partial charge in [-0.05, 0) is 35.7 Å². The molecule has 0 spiro atoms. The highest BCUT2D eigenvalue weighted by Crippen LogP contribution is 2.26. The lowest BCUT2D eigenvalue weighted by Crippen LogP contribution is -1.97. The maximum atomic E-state index is 11.3. The summed E-state index contributed by atoms with van der Waals surface area (Å²) < 4.78 is 0. The van der Waals surface area contributed by atoms with Gasteiger partial charge in [-0.3, -0.25) is 0 Å². The second-order valence-corrected chi connectivity index (χ2v) is 3.86. The first-order valence-electron chi connectivity index (χ1n) is 5.19. The molecule has 0 unspecified atom stereocenters. The van der Waals surface area contributed by atoms with Gasteiger partial charge in [0, 0.05) is 0 Å². The van der Waals surface area contributed by atoms with Gasteiger partial charge in [0.15, 0.2) is 0 Å². The molecule has 0 amide bonds. The van der Waals surface area contributed by atoms with Crippen molar-refractivity contribution in [2.24, 2.45) is 0 Å². The predicted octanol–water partition coefficient (Wildman–Crippen LogP) is 2.43. The van der Waals surface area contributed by atoms with Crippen LogP contribution in [0.25, 0.3) is 11.1 Å². The van der Waals surface area contributed by atoms with Crippen LogP contribution in [-0.4, -0.2) is 11.1 Å². The number of aromatic carboxylic acids is 1. The molecule has 0 atom stereocenters. The van der Waals surface area contributed by atoms with Crippen molar-refractivity contribution in [2.75, 3.05) is 0 Å². The molecule has 2 rings (SSSR count). The van der Waals surface area contributed by atoms with E-state index in [-0.39, 0.29) is 11.3 Å². The third kappa shape index (κ3) is 2.28. The van der Waals surface area contributed by atoms with Crippen LogP contribution in [0.2, 0.25) is 0 Å². The van der Waals surface area contributed by atoms with E-state index in [2.05, 4.69) is 0 Å². The molecule has 0 saturated carbocycles. The van der Waals surface area contributed by atoms with Crippen LogP contribution in [0.1, 0.15) is 15.9 Å². The zero-order valence-corrected chi connectivity index (χ0v) is 9.31. The number of hydrogen-bond donors (Lipinski definition) is 1. The van der Waals surface area contributed by atoms with Gasteiger partial charge in [0.1, 0.15) is 0 Å². The Morgan fingerprint density at radius 2 is 1.94 bits per heavy atom. The summed E-state index contributed by atoms with van der Waals surface area (Å²) in [6.07, 6.45) is 0. The molecule has 0 heterocycles. The van der Waals surface area contributed by atoms with Crippen LogP contribution in [0.4, 0.5) is 0 Å². The number of carboxylic acid groups (broad SMARTS) is 1. The van der Waals surface area contributed by atoms with E-state index >= 15 is 0 Å². The van der Waals surface area contributed by atoms with Gasteiger partial charge < -0.3 is 10.2 Å². The Labute approximate surface area is 99.0 Å². The number of hydrogen-bond acceptors (Lipinski definition) is 2. The molecular formula is C14H11O3-. The molecule has 0 fully saturated rings. The standard InChI is InChI=1S/C14H12O3/c1-9-7-11(14(16)17)5-6-13(9)10-3-2-4-12(15)8-10/h2-8,15H,1H3,(H,16,17)/p-1. The molecule has 3 heteroatoms. The smallest absolute Gasteiger partial charge is 0.335 e. The second-order valence-electron chi connectivity index (χ2n) is 3.86. The van der Waals surface area contributed by atoms with Crippen LogP contribution in [0, 0.1) is 6.92 Å². The van der Waals surface area contributed by atoms with E-state index in [1.807, 2.05) is 13.0 Å². The molecule has 86 valence electrons. The van der Waals surface area contributed by atoms with Crippen molar-refractivity contribution in [2.45, 2.75) is 6.92 Å². The van der Waals surface area contributed by atoms with Crippen LogP contribution in [-0.2, 0) is 0 Å². The van der Waals surface area contributed by atoms with Crippen molar-refractivity contribution >= 4 is 5.97 Å². The van der Waals surface area contributed by atoms with Gasteiger partial charge in [0.2, 0.25) is 0 Å². The van der Waals surface area contributed by atoms with E-state index in [9.17, 15) is 9.90 Å². The van der Waals surface area contributed by atoms with Gasteiger partial charge in [-0.15, -0.1) is 5.75 Å². The summed E-state index contributed by atoms with van der Waals surface area (Å²) in [7, 11) is 0. The van der Waals surface area contributed by atoms with Crippen molar-refractivity contribution in [3.8, 4) is 16.9 Å². The minimum absolute atomic E-state index is 0.0517. The van der Waals surface area contributed by atoms with Crippen LogP contribution >= 0.6 is 0 Å². The van der Waals surface area contributed by atoms with Gasteiger partial charge in [-0.25, -0.2) is 4.79 Å². The monoisotopic (exact) mass is 227 g/mol. The summed E-state index contributed by atoms with van der Waals surface area (Å²) in [5.41, 5.74) is 2.79. The highest BCUT2D eigenvalue weighted by Gasteiger charge is 2.06. The molecule has 0 aliphatic heterocycles. The average Bonchev–Trinajstić information content (AvgIpc) is 2.28. The fourth-order valence-corrected chi connectivity index (χ4v) is 1.78. The van der Waals surface area contributed by atoms with Crippen molar-refractivity contribution in [3.05, 3.63) is 53.6 Å². The molecule has 0 aromatic heterocycles. The van der Waals surface area contributed by atoms with E-state index < -0.39 is 5.97 Å². The molecule has 0 aliphatic rings. The first-order chi connectivity index (χ1) is 8.08. The molecule has 0 aliphatic carbocycles. The molecule has 2 aromatic rings. The van der Waals surface area contributed by atoms with Gasteiger partial charge in [-0.1, -0.05) is 30.3 Å². The lowest BCUT2D eigenvalue weighted by Gasteiger charge is -2.10. The largest absolute Gasteiger partial charge is 0.872 e. The molecule has 17 heavy (non-hydrogen) atoms. The van der Waals surface area contributed by atoms with Crippen molar-refractivity contribution in [3.63, 3.8) is 0 Å². The van der Waals surface area contributed by atoms with Gasteiger partial charge in [0.05, 0.1) is 5.56 Å². The van der Waals surface area contributed by atoms with Crippen molar-refractivity contribution < 1.29 is 15.0 Å². The van der Waals surface area contributed by atoms with Crippen molar-refractivity contribution in [1.82, 2.24) is 0 Å². The average molecular weight is 227 g/mol. The third-order valence-corrected chi connectivity index (χ3v) is 2.62. The number of aryl methyl sites for hydroxylation is 1. The highest BCUT2D eigenvalue weighted by atomic mass is 16.4. The fraction of sp³-hybridized carbons (Fsp3) is 0.0714. The Kier molecular flexibility index (Phi) is 2.83. The normalized spacial score (nSPS) is 10.2. The lowest BCUT2D eigenvalue weighted by molar-refractivity contribution is -0.268. The minimum Gasteiger partial charge on any atom is -0.872 e. The zero-order chi connectivity index (χ0) is 12.4. The van der Waals surface area contributed by atoms with Crippen LogP contribution < -0.4 is 5.11 Å². The first kappa shape index (κ1) is 11.2. The van der Waals surface area contributed by atoms with E-state index in [4.69, 9.17) is 5.11 Å². The summed E-state index contributed by atoms with van der Waals surface area (Å²) in [5.74, 6) is -0.999. The second kappa shape index (κ2) is 4.29. The summed E-state index contributed by atoms with van der Waals surface area (Å²) in [5, 5.41) is 20.1. The van der Waals surface area contributed by atoms with Crippen LogP contribution in [0.5, 0.6) is 5.75 Å². The summed E-state index contributed by atoms with van der Waals surface area (Å²) in [4.78, 5) is 10.8. The Hall–Kier alpha value is -2.29. The van der Waals surface area contributed by atoms with Crippen LogP contribution in [0.15, 0.2) is 42.5 Å². The molecule has 0 radical (unpaired) electrons. The molecular weight excluding hydrogens is 216 g/mol. The fourth-order valence-electron chi connectivity index (χ4n) is 1.78. The Bertz CT molecular complexity index is 573. The molecule has 0 saturated heterocycles. The highest BCUT2D eigenvalue weighted by molar-refractivity contribution is 5.89. The maximum Gasteiger partial charge on any atom is 0.335 e. The Balaban J connectivity index is 2.50. The summed E-state index contributed by atoms with van der Waals surface area (Å²) >= 11 is 0. The van der Waals surface area contributed by atoms with E-state index in [1.54, 1.807) is 30.3 Å². The predicted molar refractivity (Wildman–Crippen MR) is 63.0 cm³/mol. The van der Waals surface area contributed by atoms with Crippen molar-refractivity contribution in [1.29, 1.82) is 0 Å². The van der Waals surface area contributed by atoms with E-state index in [0.29, 0.717) is 0 Å². The maximum absolute atomic E-state index is 11.3. The molecule has 2 aromatic carbocycles. The number of rotatable bonds is 2. The van der Waals surface area contributed by atoms with Gasteiger partial charge in [0.25, 0.3) is 0 Å². The summed E-state index contributed by atoms with van der Waals surface area (Å²) in [6, 6.07) is 11.4. The third-order valence-electron chi connectivity index (χ3n) is 2.62. The van der Waals surface area contributed by atoms with E-state index in [1.165, 1.54) is 6.07 Å². The number of benzene rings is 2. The zero-order valence-electron chi connectivity index (χ0n) is 9.31.